The summed E-state index contributed by atoms with van der Waals surface area (Å²) in [5, 5.41) is 3.23. The maximum atomic E-state index is 14.0. The molecular formula is C14H17F3N2. The summed E-state index contributed by atoms with van der Waals surface area (Å²) in [6.45, 7) is 3.25. The molecule has 3 rings (SSSR count). The van der Waals surface area contributed by atoms with Gasteiger partial charge in [0.25, 0.3) is 0 Å². The van der Waals surface area contributed by atoms with Gasteiger partial charge < -0.3 is 5.32 Å². The van der Waals surface area contributed by atoms with Gasteiger partial charge in [0.15, 0.2) is 11.6 Å². The van der Waals surface area contributed by atoms with E-state index in [9.17, 15) is 13.2 Å². The molecular weight excluding hydrogens is 253 g/mol. The summed E-state index contributed by atoms with van der Waals surface area (Å²) in [7, 11) is 0. The molecule has 1 aromatic carbocycles. The fraction of sp³-hybridized carbons (Fsp3) is 0.571. The van der Waals surface area contributed by atoms with Crippen LogP contribution in [0.5, 0.6) is 0 Å². The third kappa shape index (κ3) is 2.62. The van der Waals surface area contributed by atoms with Gasteiger partial charge in [-0.3, -0.25) is 4.90 Å². The summed E-state index contributed by atoms with van der Waals surface area (Å²) in [6.07, 6.45) is 2.01. The standard InChI is InChI=1S/C14H17F3N2/c15-10-7-11(13(17)12(16)8-10)14(9-1-2-9)19-5-3-18-4-6-19/h7-9,14,18H,1-6H2/t14-/m1/s1. The van der Waals surface area contributed by atoms with Crippen LogP contribution >= 0.6 is 0 Å². The van der Waals surface area contributed by atoms with Crippen LogP contribution in [0.2, 0.25) is 0 Å². The van der Waals surface area contributed by atoms with Crippen molar-refractivity contribution in [3.8, 4) is 0 Å². The fourth-order valence-electron chi connectivity index (χ4n) is 2.91. The Labute approximate surface area is 110 Å². The summed E-state index contributed by atoms with van der Waals surface area (Å²) < 4.78 is 40.8. The molecule has 1 atom stereocenters. The molecule has 0 aromatic heterocycles. The Morgan fingerprint density at radius 1 is 1.11 bits per heavy atom. The van der Waals surface area contributed by atoms with Crippen molar-refractivity contribution in [3.05, 3.63) is 35.1 Å². The van der Waals surface area contributed by atoms with Crippen molar-refractivity contribution in [2.45, 2.75) is 18.9 Å². The second-order valence-electron chi connectivity index (χ2n) is 5.36. The minimum atomic E-state index is -1.09. The summed E-state index contributed by atoms with van der Waals surface area (Å²) in [4.78, 5) is 2.14. The molecule has 1 N–H and O–H groups in total. The van der Waals surface area contributed by atoms with E-state index in [1.165, 1.54) is 0 Å². The van der Waals surface area contributed by atoms with Crippen molar-refractivity contribution in [3.63, 3.8) is 0 Å². The highest BCUT2D eigenvalue weighted by Crippen LogP contribution is 2.45. The molecule has 2 fully saturated rings. The van der Waals surface area contributed by atoms with Crippen LogP contribution in [0.1, 0.15) is 24.4 Å². The second-order valence-corrected chi connectivity index (χ2v) is 5.36. The van der Waals surface area contributed by atoms with Gasteiger partial charge in [0.2, 0.25) is 0 Å². The third-order valence-electron chi connectivity index (χ3n) is 3.95. The van der Waals surface area contributed by atoms with Crippen LogP contribution in [-0.2, 0) is 0 Å². The van der Waals surface area contributed by atoms with Gasteiger partial charge in [-0.05, 0) is 24.8 Å². The van der Waals surface area contributed by atoms with Gasteiger partial charge in [-0.2, -0.15) is 0 Å². The molecule has 0 unspecified atom stereocenters. The predicted molar refractivity (Wildman–Crippen MR) is 66.2 cm³/mol. The monoisotopic (exact) mass is 270 g/mol. The fourth-order valence-corrected chi connectivity index (χ4v) is 2.91. The van der Waals surface area contributed by atoms with Crippen LogP contribution in [-0.4, -0.2) is 31.1 Å². The van der Waals surface area contributed by atoms with E-state index in [-0.39, 0.29) is 11.6 Å². The van der Waals surface area contributed by atoms with Crippen molar-refractivity contribution in [1.29, 1.82) is 0 Å². The Hall–Kier alpha value is -1.07. The maximum absolute atomic E-state index is 14.0. The van der Waals surface area contributed by atoms with Crippen molar-refractivity contribution in [2.24, 2.45) is 5.92 Å². The van der Waals surface area contributed by atoms with Crippen molar-refractivity contribution in [2.75, 3.05) is 26.2 Å². The van der Waals surface area contributed by atoms with E-state index in [1.807, 2.05) is 0 Å². The molecule has 1 heterocycles. The molecule has 0 amide bonds. The first-order valence-electron chi connectivity index (χ1n) is 6.76. The van der Waals surface area contributed by atoms with Crippen LogP contribution in [0.4, 0.5) is 13.2 Å². The van der Waals surface area contributed by atoms with E-state index in [4.69, 9.17) is 0 Å². The predicted octanol–water partition coefficient (Wildman–Crippen LogP) is 2.46. The summed E-state index contributed by atoms with van der Waals surface area (Å²) in [6, 6.07) is 1.58. The molecule has 19 heavy (non-hydrogen) atoms. The number of hydrogen-bond donors (Lipinski definition) is 1. The Morgan fingerprint density at radius 2 is 1.79 bits per heavy atom. The van der Waals surface area contributed by atoms with Crippen molar-refractivity contribution >= 4 is 0 Å². The lowest BCUT2D eigenvalue weighted by Crippen LogP contribution is -2.46. The van der Waals surface area contributed by atoms with Crippen LogP contribution in [0, 0.1) is 23.4 Å². The maximum Gasteiger partial charge on any atom is 0.163 e. The van der Waals surface area contributed by atoms with E-state index in [1.54, 1.807) is 0 Å². The summed E-state index contributed by atoms with van der Waals surface area (Å²) in [5.74, 6) is -2.35. The molecule has 0 bridgehead atoms. The van der Waals surface area contributed by atoms with E-state index in [0.29, 0.717) is 12.0 Å². The Bertz CT molecular complexity index is 468. The average molecular weight is 270 g/mol. The SMILES string of the molecule is Fc1cc(F)c(F)c([C@@H](C2CC2)N2CCNCC2)c1. The number of benzene rings is 1. The zero-order valence-corrected chi connectivity index (χ0v) is 10.6. The lowest BCUT2D eigenvalue weighted by Gasteiger charge is -2.35. The van der Waals surface area contributed by atoms with E-state index >= 15 is 0 Å². The normalized spacial score (nSPS) is 22.5. The van der Waals surface area contributed by atoms with Crippen molar-refractivity contribution in [1.82, 2.24) is 10.2 Å². The first-order valence-corrected chi connectivity index (χ1v) is 6.76. The number of hydrogen-bond acceptors (Lipinski definition) is 2. The van der Waals surface area contributed by atoms with Gasteiger partial charge >= 0.3 is 0 Å². The Morgan fingerprint density at radius 3 is 2.42 bits per heavy atom. The van der Waals surface area contributed by atoms with E-state index in [2.05, 4.69) is 10.2 Å². The largest absolute Gasteiger partial charge is 0.314 e. The van der Waals surface area contributed by atoms with Gasteiger partial charge in [-0.1, -0.05) is 0 Å². The van der Waals surface area contributed by atoms with Gasteiger partial charge in [0.05, 0.1) is 0 Å². The molecule has 1 aliphatic carbocycles. The quantitative estimate of drug-likeness (QED) is 0.849. The number of nitrogens with zero attached hydrogens (tertiary/aromatic N) is 1. The highest BCUT2D eigenvalue weighted by molar-refractivity contribution is 5.26. The lowest BCUT2D eigenvalue weighted by atomic mass is 9.98. The van der Waals surface area contributed by atoms with Crippen molar-refractivity contribution < 1.29 is 13.2 Å². The first-order chi connectivity index (χ1) is 9.16. The van der Waals surface area contributed by atoms with Crippen LogP contribution in [0.25, 0.3) is 0 Å². The molecule has 0 spiro atoms. The molecule has 104 valence electrons. The van der Waals surface area contributed by atoms with Crippen LogP contribution in [0.15, 0.2) is 12.1 Å². The molecule has 5 heteroatoms. The minimum absolute atomic E-state index is 0.182. The van der Waals surface area contributed by atoms with Crippen LogP contribution < -0.4 is 5.32 Å². The summed E-state index contributed by atoms with van der Waals surface area (Å²) >= 11 is 0. The molecule has 0 radical (unpaired) electrons. The zero-order valence-electron chi connectivity index (χ0n) is 10.6. The highest BCUT2D eigenvalue weighted by Gasteiger charge is 2.38. The number of rotatable bonds is 3. The lowest BCUT2D eigenvalue weighted by molar-refractivity contribution is 0.152. The first kappa shape index (κ1) is 12.9. The second kappa shape index (κ2) is 5.13. The number of halogens is 3. The third-order valence-corrected chi connectivity index (χ3v) is 3.95. The Kier molecular flexibility index (Phi) is 3.50. The highest BCUT2D eigenvalue weighted by atomic mass is 19.2. The molecule has 2 aliphatic rings. The summed E-state index contributed by atoms with van der Waals surface area (Å²) in [5.41, 5.74) is 0.182. The molecule has 1 saturated heterocycles. The van der Waals surface area contributed by atoms with Gasteiger partial charge in [-0.25, -0.2) is 13.2 Å². The number of piperazine rings is 1. The van der Waals surface area contributed by atoms with E-state index < -0.39 is 17.5 Å². The topological polar surface area (TPSA) is 15.3 Å². The van der Waals surface area contributed by atoms with Gasteiger partial charge in [-0.15, -0.1) is 0 Å². The van der Waals surface area contributed by atoms with Gasteiger partial charge in [0, 0.05) is 43.9 Å². The number of nitrogens with one attached hydrogen (secondary N) is 1. The molecule has 1 aliphatic heterocycles. The van der Waals surface area contributed by atoms with Gasteiger partial charge in [0.1, 0.15) is 5.82 Å². The minimum Gasteiger partial charge on any atom is -0.314 e. The average Bonchev–Trinajstić information content (AvgIpc) is 3.21. The zero-order chi connectivity index (χ0) is 13.4. The van der Waals surface area contributed by atoms with E-state index in [0.717, 1.165) is 45.1 Å². The Balaban J connectivity index is 1.95. The van der Waals surface area contributed by atoms with Crippen LogP contribution in [0.3, 0.4) is 0 Å². The molecule has 1 aromatic rings. The smallest absolute Gasteiger partial charge is 0.163 e. The molecule has 2 nitrogen and oxygen atoms in total. The molecule has 1 saturated carbocycles.